The van der Waals surface area contributed by atoms with Crippen molar-refractivity contribution in [2.24, 2.45) is 0 Å². The Bertz CT molecular complexity index is 856. The van der Waals surface area contributed by atoms with E-state index in [0.29, 0.717) is 12.0 Å². The number of benzene rings is 2. The number of hydrogen-bond donors (Lipinski definition) is 2. The zero-order chi connectivity index (χ0) is 18.5. The number of aryl methyl sites for hydroxylation is 1. The van der Waals surface area contributed by atoms with Crippen molar-refractivity contribution in [1.82, 2.24) is 15.1 Å². The molecule has 134 valence electrons. The first kappa shape index (κ1) is 17.9. The summed E-state index contributed by atoms with van der Waals surface area (Å²) in [7, 11) is 0. The second-order valence-corrected chi connectivity index (χ2v) is 6.55. The highest BCUT2D eigenvalue weighted by Crippen LogP contribution is 2.18. The number of rotatable bonds is 6. The normalized spacial score (nSPS) is 13.2. The van der Waals surface area contributed by atoms with E-state index < -0.39 is 6.10 Å². The molecule has 26 heavy (non-hydrogen) atoms. The van der Waals surface area contributed by atoms with Crippen LogP contribution in [0.4, 0.5) is 0 Å². The molecule has 0 fully saturated rings. The summed E-state index contributed by atoms with van der Waals surface area (Å²) in [5.41, 5.74) is 3.42. The zero-order valence-corrected chi connectivity index (χ0v) is 15.0. The molecule has 3 rings (SSSR count). The monoisotopic (exact) mass is 349 g/mol. The number of aliphatic hydroxyl groups is 1. The summed E-state index contributed by atoms with van der Waals surface area (Å²) in [4.78, 5) is 12.4. The van der Waals surface area contributed by atoms with Crippen LogP contribution in [0.1, 0.15) is 40.9 Å². The fourth-order valence-electron chi connectivity index (χ4n) is 2.83. The summed E-state index contributed by atoms with van der Waals surface area (Å²) in [6, 6.07) is 16.6. The van der Waals surface area contributed by atoms with Gasteiger partial charge >= 0.3 is 0 Å². The van der Waals surface area contributed by atoms with Crippen molar-refractivity contribution in [2.75, 3.05) is 0 Å². The van der Waals surface area contributed by atoms with E-state index in [0.717, 1.165) is 16.8 Å². The Morgan fingerprint density at radius 3 is 2.46 bits per heavy atom. The summed E-state index contributed by atoms with van der Waals surface area (Å²) in [5, 5.41) is 17.5. The highest BCUT2D eigenvalue weighted by molar-refractivity contribution is 5.94. The van der Waals surface area contributed by atoms with Gasteiger partial charge in [-0.25, -0.2) is 4.68 Å². The molecule has 2 N–H and O–H groups in total. The van der Waals surface area contributed by atoms with Gasteiger partial charge in [0.2, 0.25) is 0 Å². The Hall–Kier alpha value is -2.92. The first-order chi connectivity index (χ1) is 12.5. The van der Waals surface area contributed by atoms with E-state index in [1.807, 2.05) is 62.5 Å². The predicted octanol–water partition coefficient (Wildman–Crippen LogP) is 3.42. The van der Waals surface area contributed by atoms with Crippen molar-refractivity contribution in [2.45, 2.75) is 32.4 Å². The molecule has 3 aromatic rings. The van der Waals surface area contributed by atoms with Gasteiger partial charge in [0, 0.05) is 17.8 Å². The molecule has 0 aliphatic heterocycles. The maximum Gasteiger partial charge on any atom is 0.251 e. The van der Waals surface area contributed by atoms with Crippen LogP contribution in [0, 0.1) is 6.92 Å². The van der Waals surface area contributed by atoms with Crippen LogP contribution in [0.15, 0.2) is 67.0 Å². The van der Waals surface area contributed by atoms with Gasteiger partial charge in [-0.1, -0.05) is 30.3 Å². The molecule has 0 aliphatic carbocycles. The minimum absolute atomic E-state index is 0.147. The van der Waals surface area contributed by atoms with Crippen molar-refractivity contribution in [3.8, 4) is 5.69 Å². The van der Waals surface area contributed by atoms with E-state index in [4.69, 9.17) is 0 Å². The predicted molar refractivity (Wildman–Crippen MR) is 101 cm³/mol. The molecule has 5 nitrogen and oxygen atoms in total. The van der Waals surface area contributed by atoms with E-state index in [9.17, 15) is 9.90 Å². The molecular weight excluding hydrogens is 326 g/mol. The maximum atomic E-state index is 12.4. The van der Waals surface area contributed by atoms with Gasteiger partial charge in [-0.2, -0.15) is 5.10 Å². The average molecular weight is 349 g/mol. The Balaban J connectivity index is 1.59. The number of nitrogens with zero attached hydrogens (tertiary/aromatic N) is 2. The number of aromatic nitrogens is 2. The molecule has 0 saturated carbocycles. The topological polar surface area (TPSA) is 67.2 Å². The third-order valence-electron chi connectivity index (χ3n) is 4.24. The van der Waals surface area contributed by atoms with Gasteiger partial charge in [0.1, 0.15) is 0 Å². The highest BCUT2D eigenvalue weighted by Gasteiger charge is 2.15. The second kappa shape index (κ2) is 7.97. The number of aliphatic hydroxyl groups excluding tert-OH is 1. The Kier molecular flexibility index (Phi) is 5.49. The summed E-state index contributed by atoms with van der Waals surface area (Å²) in [6.07, 6.45) is 3.58. The first-order valence-electron chi connectivity index (χ1n) is 8.68. The van der Waals surface area contributed by atoms with Crippen LogP contribution in [0.25, 0.3) is 5.69 Å². The van der Waals surface area contributed by atoms with E-state index in [-0.39, 0.29) is 11.9 Å². The van der Waals surface area contributed by atoms with Gasteiger partial charge < -0.3 is 10.4 Å². The van der Waals surface area contributed by atoms with Crippen molar-refractivity contribution in [1.29, 1.82) is 0 Å². The summed E-state index contributed by atoms with van der Waals surface area (Å²) in [6.45, 7) is 3.88. The Labute approximate surface area is 153 Å². The van der Waals surface area contributed by atoms with Crippen molar-refractivity contribution >= 4 is 5.91 Å². The fourth-order valence-corrected chi connectivity index (χ4v) is 2.83. The average Bonchev–Trinajstić information content (AvgIpc) is 3.09. The number of carbonyl (C=O) groups is 1. The lowest BCUT2D eigenvalue weighted by Gasteiger charge is -2.18. The number of nitrogens with one attached hydrogen (secondary N) is 1. The minimum Gasteiger partial charge on any atom is -0.388 e. The largest absolute Gasteiger partial charge is 0.388 e. The van der Waals surface area contributed by atoms with Crippen LogP contribution in [0.3, 0.4) is 0 Å². The van der Waals surface area contributed by atoms with E-state index in [1.54, 1.807) is 23.0 Å². The molecule has 1 aromatic heterocycles. The van der Waals surface area contributed by atoms with Crippen molar-refractivity contribution in [3.05, 3.63) is 83.7 Å². The second-order valence-electron chi connectivity index (χ2n) is 6.55. The van der Waals surface area contributed by atoms with Crippen molar-refractivity contribution < 1.29 is 9.90 Å². The fraction of sp³-hybridized carbons (Fsp3) is 0.238. The lowest BCUT2D eigenvalue weighted by atomic mass is 10.0. The number of carbonyl (C=O) groups excluding carboxylic acids is 1. The molecule has 2 unspecified atom stereocenters. The van der Waals surface area contributed by atoms with Gasteiger partial charge in [0.15, 0.2) is 0 Å². The molecule has 2 atom stereocenters. The molecule has 0 spiro atoms. The van der Waals surface area contributed by atoms with Gasteiger partial charge in [0.05, 0.1) is 18.0 Å². The lowest BCUT2D eigenvalue weighted by molar-refractivity contribution is 0.0917. The molecule has 0 bridgehead atoms. The van der Waals surface area contributed by atoms with Gasteiger partial charge in [-0.05, 0) is 55.7 Å². The SMILES string of the molecule is Cc1cnn(-c2ccc(C(=O)NC(C)CC(O)c3ccccc3)cc2)c1. The minimum atomic E-state index is -0.600. The third kappa shape index (κ3) is 4.37. The van der Waals surface area contributed by atoms with Crippen LogP contribution >= 0.6 is 0 Å². The van der Waals surface area contributed by atoms with Gasteiger partial charge in [-0.15, -0.1) is 0 Å². The highest BCUT2D eigenvalue weighted by atomic mass is 16.3. The van der Waals surface area contributed by atoms with Crippen LogP contribution < -0.4 is 5.32 Å². The quantitative estimate of drug-likeness (QED) is 0.716. The molecule has 2 aromatic carbocycles. The number of amides is 1. The summed E-state index contributed by atoms with van der Waals surface area (Å²) >= 11 is 0. The van der Waals surface area contributed by atoms with Crippen LogP contribution in [-0.2, 0) is 0 Å². The summed E-state index contributed by atoms with van der Waals surface area (Å²) < 4.78 is 1.77. The zero-order valence-electron chi connectivity index (χ0n) is 15.0. The Morgan fingerprint density at radius 2 is 1.85 bits per heavy atom. The van der Waals surface area contributed by atoms with E-state index >= 15 is 0 Å². The molecule has 1 heterocycles. The smallest absolute Gasteiger partial charge is 0.251 e. The molecule has 0 radical (unpaired) electrons. The number of hydrogen-bond acceptors (Lipinski definition) is 3. The van der Waals surface area contributed by atoms with E-state index in [1.165, 1.54) is 0 Å². The third-order valence-corrected chi connectivity index (χ3v) is 4.24. The van der Waals surface area contributed by atoms with Gasteiger partial charge in [0.25, 0.3) is 5.91 Å². The standard InChI is InChI=1S/C21H23N3O2/c1-15-13-22-24(14-15)19-10-8-18(9-11-19)21(26)23-16(2)12-20(25)17-6-4-3-5-7-17/h3-11,13-14,16,20,25H,12H2,1-2H3,(H,23,26). The molecule has 1 amide bonds. The van der Waals surface area contributed by atoms with Crippen LogP contribution in [-0.4, -0.2) is 26.8 Å². The van der Waals surface area contributed by atoms with Crippen molar-refractivity contribution in [3.63, 3.8) is 0 Å². The molecule has 5 heteroatoms. The maximum absolute atomic E-state index is 12.4. The first-order valence-corrected chi connectivity index (χ1v) is 8.68. The van der Waals surface area contributed by atoms with Crippen LogP contribution in [0.2, 0.25) is 0 Å². The lowest BCUT2D eigenvalue weighted by Crippen LogP contribution is -2.33. The molecular formula is C21H23N3O2. The summed E-state index contributed by atoms with van der Waals surface area (Å²) in [5.74, 6) is -0.152. The molecule has 0 aliphatic rings. The van der Waals surface area contributed by atoms with E-state index in [2.05, 4.69) is 10.4 Å². The van der Waals surface area contributed by atoms with Gasteiger partial charge in [-0.3, -0.25) is 4.79 Å². The van der Waals surface area contributed by atoms with Crippen LogP contribution in [0.5, 0.6) is 0 Å². The molecule has 0 saturated heterocycles. The Morgan fingerprint density at radius 1 is 1.15 bits per heavy atom.